The third-order valence-electron chi connectivity index (χ3n) is 1.87. The quantitative estimate of drug-likeness (QED) is 0.622. The molecule has 1 atom stereocenters. The van der Waals surface area contributed by atoms with E-state index in [9.17, 15) is 9.90 Å². The van der Waals surface area contributed by atoms with Crippen LogP contribution in [-0.4, -0.2) is 30.6 Å². The van der Waals surface area contributed by atoms with Gasteiger partial charge < -0.3 is 20.2 Å². The van der Waals surface area contributed by atoms with Crippen molar-refractivity contribution in [1.29, 1.82) is 0 Å². The van der Waals surface area contributed by atoms with Crippen molar-refractivity contribution in [3.8, 4) is 0 Å². The van der Waals surface area contributed by atoms with Crippen LogP contribution in [0.15, 0.2) is 22.8 Å². The number of furan rings is 1. The highest BCUT2D eigenvalue weighted by atomic mass is 16.4. The van der Waals surface area contributed by atoms with Crippen LogP contribution < -0.4 is 10.6 Å². The summed E-state index contributed by atoms with van der Waals surface area (Å²) in [6, 6.07) is 3.40. The molecule has 5 nitrogen and oxygen atoms in total. The molecule has 0 saturated heterocycles. The lowest BCUT2D eigenvalue weighted by molar-refractivity contribution is -0.120. The van der Waals surface area contributed by atoms with Gasteiger partial charge in [0.2, 0.25) is 5.91 Å². The second-order valence-corrected chi connectivity index (χ2v) is 3.12. The number of rotatable bonds is 6. The standard InChI is InChI=1S/C10H16N2O3/c1-2-12-10(14)7-11-6-8(13)9-4-3-5-15-9/h3-5,8,11,13H,2,6-7H2,1H3,(H,12,14). The Morgan fingerprint density at radius 1 is 1.67 bits per heavy atom. The Hall–Kier alpha value is -1.33. The van der Waals surface area contributed by atoms with Crippen LogP contribution >= 0.6 is 0 Å². The highest BCUT2D eigenvalue weighted by Crippen LogP contribution is 2.11. The van der Waals surface area contributed by atoms with Crippen molar-refractivity contribution in [2.45, 2.75) is 13.0 Å². The highest BCUT2D eigenvalue weighted by molar-refractivity contribution is 5.77. The number of aliphatic hydroxyl groups is 1. The van der Waals surface area contributed by atoms with E-state index < -0.39 is 6.10 Å². The van der Waals surface area contributed by atoms with Crippen LogP contribution in [0.25, 0.3) is 0 Å². The van der Waals surface area contributed by atoms with Crippen molar-refractivity contribution < 1.29 is 14.3 Å². The molecular formula is C10H16N2O3. The number of nitrogens with one attached hydrogen (secondary N) is 2. The van der Waals surface area contributed by atoms with E-state index in [1.54, 1.807) is 12.1 Å². The van der Waals surface area contributed by atoms with Crippen molar-refractivity contribution in [2.24, 2.45) is 0 Å². The minimum absolute atomic E-state index is 0.0795. The van der Waals surface area contributed by atoms with E-state index in [4.69, 9.17) is 4.42 Å². The number of aliphatic hydroxyl groups excluding tert-OH is 1. The summed E-state index contributed by atoms with van der Waals surface area (Å²) >= 11 is 0. The molecule has 1 aromatic heterocycles. The Balaban J connectivity index is 2.18. The van der Waals surface area contributed by atoms with Crippen LogP contribution in [0.4, 0.5) is 0 Å². The SMILES string of the molecule is CCNC(=O)CNCC(O)c1ccco1. The maximum atomic E-state index is 11.0. The van der Waals surface area contributed by atoms with E-state index in [0.29, 0.717) is 18.8 Å². The van der Waals surface area contributed by atoms with E-state index in [0.717, 1.165) is 0 Å². The number of amides is 1. The fourth-order valence-electron chi connectivity index (χ4n) is 1.16. The van der Waals surface area contributed by atoms with Crippen LogP contribution in [-0.2, 0) is 4.79 Å². The zero-order chi connectivity index (χ0) is 11.1. The second kappa shape index (κ2) is 6.21. The van der Waals surface area contributed by atoms with Gasteiger partial charge >= 0.3 is 0 Å². The minimum atomic E-state index is -0.713. The van der Waals surface area contributed by atoms with Crippen molar-refractivity contribution in [2.75, 3.05) is 19.6 Å². The molecule has 3 N–H and O–H groups in total. The van der Waals surface area contributed by atoms with Crippen LogP contribution in [0.5, 0.6) is 0 Å². The predicted octanol–water partition coefficient (Wildman–Crippen LogP) is 0.0387. The third kappa shape index (κ3) is 4.14. The largest absolute Gasteiger partial charge is 0.467 e. The van der Waals surface area contributed by atoms with E-state index in [1.807, 2.05) is 6.92 Å². The molecule has 0 aromatic carbocycles. The Morgan fingerprint density at radius 2 is 2.47 bits per heavy atom. The van der Waals surface area contributed by atoms with Crippen LogP contribution in [0, 0.1) is 0 Å². The first-order valence-corrected chi connectivity index (χ1v) is 4.93. The Kier molecular flexibility index (Phi) is 4.86. The molecule has 1 amide bonds. The fraction of sp³-hybridized carbons (Fsp3) is 0.500. The number of hydrogen-bond acceptors (Lipinski definition) is 4. The molecule has 5 heteroatoms. The predicted molar refractivity (Wildman–Crippen MR) is 55.2 cm³/mol. The summed E-state index contributed by atoms with van der Waals surface area (Å²) in [4.78, 5) is 11.0. The van der Waals surface area contributed by atoms with E-state index in [2.05, 4.69) is 10.6 Å². The highest BCUT2D eigenvalue weighted by Gasteiger charge is 2.09. The second-order valence-electron chi connectivity index (χ2n) is 3.12. The van der Waals surface area contributed by atoms with Gasteiger partial charge in [-0.05, 0) is 19.1 Å². The van der Waals surface area contributed by atoms with E-state index in [-0.39, 0.29) is 12.5 Å². The van der Waals surface area contributed by atoms with Gasteiger partial charge in [-0.25, -0.2) is 0 Å². The molecule has 15 heavy (non-hydrogen) atoms. The van der Waals surface area contributed by atoms with Gasteiger partial charge in [0.1, 0.15) is 11.9 Å². The molecular weight excluding hydrogens is 196 g/mol. The van der Waals surface area contributed by atoms with Crippen LogP contribution in [0.2, 0.25) is 0 Å². The molecule has 0 spiro atoms. The van der Waals surface area contributed by atoms with Crippen LogP contribution in [0.1, 0.15) is 18.8 Å². The number of carbonyl (C=O) groups excluding carboxylic acids is 1. The molecule has 0 aliphatic rings. The van der Waals surface area contributed by atoms with Gasteiger partial charge in [0, 0.05) is 13.1 Å². The molecule has 0 aliphatic carbocycles. The molecule has 84 valence electrons. The molecule has 0 radical (unpaired) electrons. The molecule has 0 fully saturated rings. The smallest absolute Gasteiger partial charge is 0.233 e. The van der Waals surface area contributed by atoms with Crippen molar-refractivity contribution in [1.82, 2.24) is 10.6 Å². The van der Waals surface area contributed by atoms with E-state index in [1.165, 1.54) is 6.26 Å². The average Bonchev–Trinajstić information content (AvgIpc) is 2.70. The summed E-state index contributed by atoms with van der Waals surface area (Å²) in [6.07, 6.45) is 0.789. The minimum Gasteiger partial charge on any atom is -0.467 e. The summed E-state index contributed by atoms with van der Waals surface area (Å²) in [5, 5.41) is 15.0. The number of likely N-dealkylation sites (N-methyl/N-ethyl adjacent to an activating group) is 1. The monoisotopic (exact) mass is 212 g/mol. The topological polar surface area (TPSA) is 74.5 Å². The normalized spacial score (nSPS) is 12.4. The lowest BCUT2D eigenvalue weighted by Gasteiger charge is -2.08. The van der Waals surface area contributed by atoms with Crippen LogP contribution in [0.3, 0.4) is 0 Å². The molecule has 1 aromatic rings. The molecule has 0 saturated carbocycles. The summed E-state index contributed by atoms with van der Waals surface area (Å²) in [5.41, 5.74) is 0. The van der Waals surface area contributed by atoms with Crippen molar-refractivity contribution in [3.63, 3.8) is 0 Å². The van der Waals surface area contributed by atoms with Gasteiger partial charge in [-0.1, -0.05) is 0 Å². The zero-order valence-corrected chi connectivity index (χ0v) is 8.69. The first kappa shape index (κ1) is 11.7. The van der Waals surface area contributed by atoms with Gasteiger partial charge in [0.15, 0.2) is 0 Å². The van der Waals surface area contributed by atoms with Gasteiger partial charge in [-0.2, -0.15) is 0 Å². The van der Waals surface area contributed by atoms with Crippen molar-refractivity contribution in [3.05, 3.63) is 24.2 Å². The zero-order valence-electron chi connectivity index (χ0n) is 8.69. The van der Waals surface area contributed by atoms with E-state index >= 15 is 0 Å². The summed E-state index contributed by atoms with van der Waals surface area (Å²) in [6.45, 7) is 2.97. The fourth-order valence-corrected chi connectivity index (χ4v) is 1.16. The number of hydrogen-bond donors (Lipinski definition) is 3. The first-order valence-electron chi connectivity index (χ1n) is 4.93. The Morgan fingerprint density at radius 3 is 3.07 bits per heavy atom. The lowest BCUT2D eigenvalue weighted by atomic mass is 10.3. The Bertz CT molecular complexity index is 285. The molecule has 0 aliphatic heterocycles. The number of carbonyl (C=O) groups is 1. The molecule has 0 bridgehead atoms. The van der Waals surface area contributed by atoms with Gasteiger partial charge in [-0.3, -0.25) is 4.79 Å². The van der Waals surface area contributed by atoms with Crippen molar-refractivity contribution >= 4 is 5.91 Å². The molecule has 1 rings (SSSR count). The third-order valence-corrected chi connectivity index (χ3v) is 1.87. The summed E-state index contributed by atoms with van der Waals surface area (Å²) < 4.78 is 5.01. The molecule has 1 heterocycles. The van der Waals surface area contributed by atoms with Gasteiger partial charge in [-0.15, -0.1) is 0 Å². The maximum absolute atomic E-state index is 11.0. The average molecular weight is 212 g/mol. The van der Waals surface area contributed by atoms with Gasteiger partial charge in [0.25, 0.3) is 0 Å². The maximum Gasteiger partial charge on any atom is 0.233 e. The summed E-state index contributed by atoms with van der Waals surface area (Å²) in [5.74, 6) is 0.419. The summed E-state index contributed by atoms with van der Waals surface area (Å²) in [7, 11) is 0. The molecule has 1 unspecified atom stereocenters. The first-order chi connectivity index (χ1) is 7.24. The Labute approximate surface area is 88.5 Å². The van der Waals surface area contributed by atoms with Gasteiger partial charge in [0.05, 0.1) is 12.8 Å². The lowest BCUT2D eigenvalue weighted by Crippen LogP contribution is -2.35.